The standard InChI is InChI=1S/C17H28N2O2/c1-5-10-18-17(20)11-19-14(4)15-6-8-16(9-7-15)21-12-13(2)3/h6-9,13-14,19H,5,10-12H2,1-4H3,(H,18,20). The normalized spacial score (nSPS) is 12.2. The topological polar surface area (TPSA) is 50.4 Å². The molecule has 1 aromatic rings. The molecule has 0 saturated carbocycles. The Bertz CT molecular complexity index is 415. The van der Waals surface area contributed by atoms with Crippen molar-refractivity contribution in [2.24, 2.45) is 5.92 Å². The molecule has 1 aromatic carbocycles. The number of hydrogen-bond acceptors (Lipinski definition) is 3. The summed E-state index contributed by atoms with van der Waals surface area (Å²) >= 11 is 0. The Morgan fingerprint density at radius 2 is 1.86 bits per heavy atom. The van der Waals surface area contributed by atoms with Crippen LogP contribution in [0.2, 0.25) is 0 Å². The maximum absolute atomic E-state index is 11.5. The highest BCUT2D eigenvalue weighted by Crippen LogP contribution is 2.17. The third-order valence-electron chi connectivity index (χ3n) is 3.10. The fourth-order valence-corrected chi connectivity index (χ4v) is 1.81. The first-order valence-electron chi connectivity index (χ1n) is 7.75. The Hall–Kier alpha value is -1.55. The average molecular weight is 292 g/mol. The number of benzene rings is 1. The number of rotatable bonds is 9. The van der Waals surface area contributed by atoms with Crippen LogP contribution in [0.4, 0.5) is 0 Å². The fourth-order valence-electron chi connectivity index (χ4n) is 1.81. The number of amides is 1. The molecule has 0 aliphatic heterocycles. The summed E-state index contributed by atoms with van der Waals surface area (Å²) in [5.74, 6) is 1.45. The van der Waals surface area contributed by atoms with E-state index >= 15 is 0 Å². The molecule has 0 radical (unpaired) electrons. The van der Waals surface area contributed by atoms with Crippen LogP contribution < -0.4 is 15.4 Å². The number of carbonyl (C=O) groups excluding carboxylic acids is 1. The third-order valence-corrected chi connectivity index (χ3v) is 3.10. The SMILES string of the molecule is CCCNC(=O)CNC(C)c1ccc(OCC(C)C)cc1. The van der Waals surface area contributed by atoms with Crippen LogP contribution in [0.5, 0.6) is 5.75 Å². The van der Waals surface area contributed by atoms with Gasteiger partial charge in [0.15, 0.2) is 0 Å². The Morgan fingerprint density at radius 1 is 1.19 bits per heavy atom. The van der Waals surface area contributed by atoms with E-state index in [0.717, 1.165) is 30.9 Å². The molecule has 0 heterocycles. The highest BCUT2D eigenvalue weighted by Gasteiger charge is 2.07. The van der Waals surface area contributed by atoms with Gasteiger partial charge in [-0.3, -0.25) is 4.79 Å². The van der Waals surface area contributed by atoms with Gasteiger partial charge in [-0.05, 0) is 37.0 Å². The largest absolute Gasteiger partial charge is 0.493 e. The molecular weight excluding hydrogens is 264 g/mol. The molecule has 4 nitrogen and oxygen atoms in total. The predicted octanol–water partition coefficient (Wildman–Crippen LogP) is 2.90. The van der Waals surface area contributed by atoms with Crippen molar-refractivity contribution in [1.29, 1.82) is 0 Å². The monoisotopic (exact) mass is 292 g/mol. The fraction of sp³-hybridized carbons (Fsp3) is 0.588. The Labute approximate surface area is 128 Å². The van der Waals surface area contributed by atoms with Crippen molar-refractivity contribution in [3.05, 3.63) is 29.8 Å². The maximum atomic E-state index is 11.5. The van der Waals surface area contributed by atoms with Gasteiger partial charge in [-0.2, -0.15) is 0 Å². The first-order chi connectivity index (χ1) is 10.0. The highest BCUT2D eigenvalue weighted by molar-refractivity contribution is 5.77. The molecule has 21 heavy (non-hydrogen) atoms. The van der Waals surface area contributed by atoms with Crippen LogP contribution in [0.3, 0.4) is 0 Å². The molecule has 2 N–H and O–H groups in total. The van der Waals surface area contributed by atoms with Crippen LogP contribution in [-0.4, -0.2) is 25.6 Å². The molecular formula is C17H28N2O2. The van der Waals surface area contributed by atoms with E-state index in [-0.39, 0.29) is 11.9 Å². The van der Waals surface area contributed by atoms with Crippen LogP contribution in [0.15, 0.2) is 24.3 Å². The van der Waals surface area contributed by atoms with Gasteiger partial charge >= 0.3 is 0 Å². The molecule has 0 fully saturated rings. The zero-order valence-corrected chi connectivity index (χ0v) is 13.6. The van der Waals surface area contributed by atoms with E-state index in [1.54, 1.807) is 0 Å². The van der Waals surface area contributed by atoms with Crippen molar-refractivity contribution >= 4 is 5.91 Å². The van der Waals surface area contributed by atoms with Crippen LogP contribution in [0.1, 0.15) is 45.7 Å². The van der Waals surface area contributed by atoms with Gasteiger partial charge in [0.05, 0.1) is 13.2 Å². The minimum Gasteiger partial charge on any atom is -0.493 e. The molecule has 0 aromatic heterocycles. The molecule has 0 bridgehead atoms. The Morgan fingerprint density at radius 3 is 2.43 bits per heavy atom. The summed E-state index contributed by atoms with van der Waals surface area (Å²) in [6.45, 7) is 10.2. The number of nitrogens with one attached hydrogen (secondary N) is 2. The van der Waals surface area contributed by atoms with E-state index in [9.17, 15) is 4.79 Å². The average Bonchev–Trinajstić information content (AvgIpc) is 2.49. The lowest BCUT2D eigenvalue weighted by molar-refractivity contribution is -0.120. The highest BCUT2D eigenvalue weighted by atomic mass is 16.5. The summed E-state index contributed by atoms with van der Waals surface area (Å²) in [5.41, 5.74) is 1.15. The maximum Gasteiger partial charge on any atom is 0.233 e. The number of hydrogen-bond donors (Lipinski definition) is 2. The molecule has 1 amide bonds. The molecule has 4 heteroatoms. The molecule has 1 atom stereocenters. The lowest BCUT2D eigenvalue weighted by atomic mass is 10.1. The Balaban J connectivity index is 2.40. The van der Waals surface area contributed by atoms with Crippen molar-refractivity contribution in [3.8, 4) is 5.75 Å². The third kappa shape index (κ3) is 7.14. The Kier molecular flexibility index (Phi) is 7.83. The first-order valence-corrected chi connectivity index (χ1v) is 7.75. The van der Waals surface area contributed by atoms with E-state index < -0.39 is 0 Å². The van der Waals surface area contributed by atoms with Gasteiger partial charge < -0.3 is 15.4 Å². The van der Waals surface area contributed by atoms with Gasteiger partial charge in [0.25, 0.3) is 0 Å². The molecule has 1 unspecified atom stereocenters. The quantitative estimate of drug-likeness (QED) is 0.736. The van der Waals surface area contributed by atoms with Gasteiger partial charge in [-0.1, -0.05) is 32.9 Å². The smallest absolute Gasteiger partial charge is 0.233 e. The molecule has 1 rings (SSSR count). The van der Waals surface area contributed by atoms with E-state index in [2.05, 4.69) is 31.4 Å². The zero-order chi connectivity index (χ0) is 15.7. The van der Waals surface area contributed by atoms with Gasteiger partial charge in [0.1, 0.15) is 5.75 Å². The lowest BCUT2D eigenvalue weighted by Gasteiger charge is -2.15. The van der Waals surface area contributed by atoms with E-state index in [4.69, 9.17) is 4.74 Å². The van der Waals surface area contributed by atoms with E-state index in [1.807, 2.05) is 31.2 Å². The van der Waals surface area contributed by atoms with E-state index in [1.165, 1.54) is 0 Å². The second-order valence-corrected chi connectivity index (χ2v) is 5.73. The minimum absolute atomic E-state index is 0.0422. The zero-order valence-electron chi connectivity index (χ0n) is 13.6. The molecule has 118 valence electrons. The van der Waals surface area contributed by atoms with Crippen LogP contribution in [0, 0.1) is 5.92 Å². The number of ether oxygens (including phenoxy) is 1. The van der Waals surface area contributed by atoms with Crippen molar-refractivity contribution < 1.29 is 9.53 Å². The second-order valence-electron chi connectivity index (χ2n) is 5.73. The van der Waals surface area contributed by atoms with Gasteiger partial charge in [-0.25, -0.2) is 0 Å². The van der Waals surface area contributed by atoms with Crippen molar-refractivity contribution in [3.63, 3.8) is 0 Å². The van der Waals surface area contributed by atoms with Gasteiger partial charge in [0.2, 0.25) is 5.91 Å². The summed E-state index contributed by atoms with van der Waals surface area (Å²) in [5, 5.41) is 6.08. The minimum atomic E-state index is 0.0422. The van der Waals surface area contributed by atoms with Crippen LogP contribution in [-0.2, 0) is 4.79 Å². The molecule has 0 aliphatic carbocycles. The van der Waals surface area contributed by atoms with Crippen molar-refractivity contribution in [1.82, 2.24) is 10.6 Å². The van der Waals surface area contributed by atoms with Gasteiger partial charge in [0, 0.05) is 12.6 Å². The number of carbonyl (C=O) groups is 1. The predicted molar refractivity (Wildman–Crippen MR) is 86.5 cm³/mol. The molecule has 0 aliphatic rings. The summed E-state index contributed by atoms with van der Waals surface area (Å²) in [6, 6.07) is 8.17. The molecule has 0 spiro atoms. The van der Waals surface area contributed by atoms with Crippen LogP contribution >= 0.6 is 0 Å². The van der Waals surface area contributed by atoms with Gasteiger partial charge in [-0.15, -0.1) is 0 Å². The first kappa shape index (κ1) is 17.5. The summed E-state index contributed by atoms with van der Waals surface area (Å²) in [4.78, 5) is 11.5. The summed E-state index contributed by atoms with van der Waals surface area (Å²) in [7, 11) is 0. The summed E-state index contributed by atoms with van der Waals surface area (Å²) in [6.07, 6.45) is 0.957. The summed E-state index contributed by atoms with van der Waals surface area (Å²) < 4.78 is 5.66. The van der Waals surface area contributed by atoms with Crippen LogP contribution in [0.25, 0.3) is 0 Å². The van der Waals surface area contributed by atoms with Crippen molar-refractivity contribution in [2.45, 2.75) is 40.2 Å². The van der Waals surface area contributed by atoms with E-state index in [0.29, 0.717) is 12.5 Å². The lowest BCUT2D eigenvalue weighted by Crippen LogP contribution is -2.35. The second kappa shape index (κ2) is 9.40. The molecule has 0 saturated heterocycles. The van der Waals surface area contributed by atoms with Crippen molar-refractivity contribution in [2.75, 3.05) is 19.7 Å².